The summed E-state index contributed by atoms with van der Waals surface area (Å²) in [6.45, 7) is -0.492. The van der Waals surface area contributed by atoms with Crippen LogP contribution >= 0.6 is 0 Å². The zero-order chi connectivity index (χ0) is 17.7. The Morgan fingerprint density at radius 3 is 2.33 bits per heavy atom. The van der Waals surface area contributed by atoms with Gasteiger partial charge in [0.2, 0.25) is 5.78 Å². The van der Waals surface area contributed by atoms with E-state index in [1.807, 2.05) is 19.0 Å². The van der Waals surface area contributed by atoms with Crippen molar-refractivity contribution in [2.24, 2.45) is 0 Å². The molecule has 2 aromatic carbocycles. The van der Waals surface area contributed by atoms with Crippen molar-refractivity contribution < 1.29 is 23.5 Å². The summed E-state index contributed by atoms with van der Waals surface area (Å²) in [4.78, 5) is 26.0. The fourth-order valence-corrected chi connectivity index (χ4v) is 2.09. The molecular weight excluding hydrogens is 313 g/mol. The van der Waals surface area contributed by atoms with E-state index < -0.39 is 24.2 Å². The van der Waals surface area contributed by atoms with E-state index in [1.165, 1.54) is 19.2 Å². The molecule has 0 saturated carbocycles. The van der Waals surface area contributed by atoms with Crippen LogP contribution in [0.3, 0.4) is 0 Å². The molecule has 0 atom stereocenters. The Hall–Kier alpha value is -2.89. The maximum Gasteiger partial charge on any atom is 0.338 e. The van der Waals surface area contributed by atoms with Gasteiger partial charge < -0.3 is 14.4 Å². The van der Waals surface area contributed by atoms with Gasteiger partial charge in [-0.1, -0.05) is 0 Å². The Kier molecular flexibility index (Phi) is 5.52. The first-order chi connectivity index (χ1) is 11.4. The molecular formula is C18H18FNO4. The predicted molar refractivity (Wildman–Crippen MR) is 88.3 cm³/mol. The number of hydrogen-bond acceptors (Lipinski definition) is 5. The van der Waals surface area contributed by atoms with Crippen LogP contribution in [-0.4, -0.2) is 39.6 Å². The van der Waals surface area contributed by atoms with Crippen LogP contribution in [0.5, 0.6) is 5.75 Å². The summed E-state index contributed by atoms with van der Waals surface area (Å²) >= 11 is 0. The van der Waals surface area contributed by atoms with Gasteiger partial charge in [0.25, 0.3) is 0 Å². The predicted octanol–water partition coefficient (Wildman–Crippen LogP) is 2.94. The van der Waals surface area contributed by atoms with Gasteiger partial charge in [0.1, 0.15) is 11.6 Å². The molecule has 0 aliphatic carbocycles. The van der Waals surface area contributed by atoms with Gasteiger partial charge in [0.05, 0.1) is 18.2 Å². The Labute approximate surface area is 139 Å². The molecule has 6 heteroatoms. The molecule has 126 valence electrons. The van der Waals surface area contributed by atoms with Crippen LogP contribution < -0.4 is 9.64 Å². The maximum absolute atomic E-state index is 13.3. The summed E-state index contributed by atoms with van der Waals surface area (Å²) in [7, 11) is 5.15. The van der Waals surface area contributed by atoms with Crippen LogP contribution in [0.1, 0.15) is 20.7 Å². The molecule has 0 amide bonds. The summed E-state index contributed by atoms with van der Waals surface area (Å²) in [5, 5.41) is 0. The van der Waals surface area contributed by atoms with Gasteiger partial charge in [0.15, 0.2) is 6.61 Å². The Morgan fingerprint density at radius 2 is 1.75 bits per heavy atom. The number of carbonyl (C=O) groups excluding carboxylic acids is 2. The van der Waals surface area contributed by atoms with E-state index in [2.05, 4.69) is 0 Å². The first kappa shape index (κ1) is 17.5. The number of Topliss-reactive ketones (excluding diaryl/α,β-unsaturated/α-hetero) is 1. The summed E-state index contributed by atoms with van der Waals surface area (Å²) in [6.07, 6.45) is 0. The first-order valence-electron chi connectivity index (χ1n) is 7.23. The highest BCUT2D eigenvalue weighted by Crippen LogP contribution is 2.20. The average molecular weight is 331 g/mol. The number of hydrogen-bond donors (Lipinski definition) is 0. The third kappa shape index (κ3) is 4.10. The molecule has 0 fully saturated rings. The average Bonchev–Trinajstić information content (AvgIpc) is 2.59. The minimum Gasteiger partial charge on any atom is -0.496 e. The normalized spacial score (nSPS) is 10.2. The lowest BCUT2D eigenvalue weighted by atomic mass is 10.1. The third-order valence-electron chi connectivity index (χ3n) is 3.42. The number of ether oxygens (including phenoxy) is 2. The van der Waals surface area contributed by atoms with Crippen molar-refractivity contribution in [3.05, 3.63) is 59.4 Å². The number of carbonyl (C=O) groups is 2. The largest absolute Gasteiger partial charge is 0.496 e. The van der Waals surface area contributed by atoms with E-state index in [0.29, 0.717) is 5.56 Å². The van der Waals surface area contributed by atoms with E-state index >= 15 is 0 Å². The summed E-state index contributed by atoms with van der Waals surface area (Å²) in [6, 6.07) is 10.4. The van der Waals surface area contributed by atoms with Crippen molar-refractivity contribution >= 4 is 17.4 Å². The van der Waals surface area contributed by atoms with Crippen molar-refractivity contribution in [1.82, 2.24) is 0 Å². The van der Waals surface area contributed by atoms with Gasteiger partial charge in [-0.15, -0.1) is 0 Å². The number of anilines is 1. The van der Waals surface area contributed by atoms with E-state index in [0.717, 1.165) is 11.8 Å². The fourth-order valence-electron chi connectivity index (χ4n) is 2.09. The van der Waals surface area contributed by atoms with Crippen molar-refractivity contribution in [3.8, 4) is 5.75 Å². The second kappa shape index (κ2) is 7.59. The van der Waals surface area contributed by atoms with Gasteiger partial charge >= 0.3 is 5.97 Å². The number of esters is 1. The molecule has 0 aliphatic heterocycles. The molecule has 2 aromatic rings. The van der Waals surface area contributed by atoms with Gasteiger partial charge in [-0.25, -0.2) is 9.18 Å². The lowest BCUT2D eigenvalue weighted by Gasteiger charge is -2.12. The molecule has 0 spiro atoms. The Morgan fingerprint density at radius 1 is 1.08 bits per heavy atom. The van der Waals surface area contributed by atoms with Crippen LogP contribution in [-0.2, 0) is 4.74 Å². The number of halogens is 1. The second-order valence-electron chi connectivity index (χ2n) is 5.29. The van der Waals surface area contributed by atoms with Gasteiger partial charge in [-0.3, -0.25) is 4.79 Å². The highest BCUT2D eigenvalue weighted by Gasteiger charge is 2.16. The molecule has 2 rings (SSSR count). The van der Waals surface area contributed by atoms with Crippen LogP contribution in [0.2, 0.25) is 0 Å². The number of benzene rings is 2. The standard InChI is InChI=1S/C18H18FNO4/c1-20(2)14-7-4-12(5-8-14)18(22)24-11-16(21)15-10-13(19)6-9-17(15)23-3/h4-10H,11H2,1-3H3. The maximum atomic E-state index is 13.3. The highest BCUT2D eigenvalue weighted by molar-refractivity contribution is 6.01. The lowest BCUT2D eigenvalue weighted by Crippen LogP contribution is -2.15. The zero-order valence-corrected chi connectivity index (χ0v) is 13.7. The van der Waals surface area contributed by atoms with E-state index in [4.69, 9.17) is 9.47 Å². The van der Waals surface area contributed by atoms with Crippen molar-refractivity contribution in [1.29, 1.82) is 0 Å². The van der Waals surface area contributed by atoms with Crippen molar-refractivity contribution in [3.63, 3.8) is 0 Å². The molecule has 24 heavy (non-hydrogen) atoms. The molecule has 0 saturated heterocycles. The minimum atomic E-state index is -0.621. The summed E-state index contributed by atoms with van der Waals surface area (Å²) < 4.78 is 23.3. The second-order valence-corrected chi connectivity index (χ2v) is 5.29. The number of ketones is 1. The topological polar surface area (TPSA) is 55.8 Å². The SMILES string of the molecule is COc1ccc(F)cc1C(=O)COC(=O)c1ccc(N(C)C)cc1. The molecule has 0 N–H and O–H groups in total. The molecule has 0 bridgehead atoms. The van der Waals surface area contributed by atoms with Gasteiger partial charge in [-0.05, 0) is 42.5 Å². The Bertz CT molecular complexity index is 741. The number of nitrogens with zero attached hydrogens (tertiary/aromatic N) is 1. The zero-order valence-electron chi connectivity index (χ0n) is 13.7. The van der Waals surface area contributed by atoms with Crippen molar-refractivity contribution in [2.75, 3.05) is 32.7 Å². The molecule has 0 aromatic heterocycles. The summed E-state index contributed by atoms with van der Waals surface area (Å²) in [5.41, 5.74) is 1.31. The number of methoxy groups -OCH3 is 1. The molecule has 0 radical (unpaired) electrons. The minimum absolute atomic E-state index is 0.0354. The van der Waals surface area contributed by atoms with Crippen LogP contribution in [0.4, 0.5) is 10.1 Å². The Balaban J connectivity index is 2.03. The molecule has 5 nitrogen and oxygen atoms in total. The molecule has 0 unspecified atom stereocenters. The third-order valence-corrected chi connectivity index (χ3v) is 3.42. The first-order valence-corrected chi connectivity index (χ1v) is 7.23. The van der Waals surface area contributed by atoms with Crippen molar-refractivity contribution in [2.45, 2.75) is 0 Å². The quantitative estimate of drug-likeness (QED) is 0.602. The van der Waals surface area contributed by atoms with Crippen LogP contribution in [0.15, 0.2) is 42.5 Å². The number of rotatable bonds is 6. The highest BCUT2D eigenvalue weighted by atomic mass is 19.1. The van der Waals surface area contributed by atoms with E-state index in [1.54, 1.807) is 24.3 Å². The molecule has 0 aliphatic rings. The van der Waals surface area contributed by atoms with Crippen LogP contribution in [0, 0.1) is 5.82 Å². The van der Waals surface area contributed by atoms with Crippen LogP contribution in [0.25, 0.3) is 0 Å². The van der Waals surface area contributed by atoms with Gasteiger partial charge in [0, 0.05) is 19.8 Å². The smallest absolute Gasteiger partial charge is 0.338 e. The van der Waals surface area contributed by atoms with E-state index in [9.17, 15) is 14.0 Å². The van der Waals surface area contributed by atoms with E-state index in [-0.39, 0.29) is 11.3 Å². The monoisotopic (exact) mass is 331 g/mol. The fraction of sp³-hybridized carbons (Fsp3) is 0.222. The summed E-state index contributed by atoms with van der Waals surface area (Å²) in [5.74, 6) is -1.49. The van der Waals surface area contributed by atoms with Gasteiger partial charge in [-0.2, -0.15) is 0 Å². The lowest BCUT2D eigenvalue weighted by molar-refractivity contribution is 0.0474. The molecule has 0 heterocycles.